The van der Waals surface area contributed by atoms with Crippen LogP contribution in [0, 0.1) is 5.92 Å². The second-order valence-corrected chi connectivity index (χ2v) is 8.96. The first-order chi connectivity index (χ1) is 14.6. The Hall–Kier alpha value is -1.66. The van der Waals surface area contributed by atoms with E-state index in [2.05, 4.69) is 66.8 Å². The molecule has 2 amide bonds. The first-order valence-electron chi connectivity index (χ1n) is 10.5. The van der Waals surface area contributed by atoms with Crippen molar-refractivity contribution in [3.05, 3.63) is 59.7 Å². The van der Waals surface area contributed by atoms with Crippen molar-refractivity contribution in [3.8, 4) is 0 Å². The van der Waals surface area contributed by atoms with Gasteiger partial charge in [-0.1, -0.05) is 81.8 Å². The fraction of sp³-hybridized carbons (Fsp3) is 0.417. The van der Waals surface area contributed by atoms with Crippen LogP contribution in [0.2, 0.25) is 0 Å². The predicted octanol–water partition coefficient (Wildman–Crippen LogP) is 6.46. The molecule has 0 unspecified atom stereocenters. The molecular formula is C24H28Br2N2O2. The molecule has 1 saturated carbocycles. The first-order valence-corrected chi connectivity index (χ1v) is 12.8. The highest BCUT2D eigenvalue weighted by molar-refractivity contribution is 9.09. The van der Waals surface area contributed by atoms with Crippen LogP contribution < -0.4 is 10.6 Å². The Morgan fingerprint density at radius 3 is 1.50 bits per heavy atom. The molecule has 160 valence electrons. The summed E-state index contributed by atoms with van der Waals surface area (Å²) in [6, 6.07) is 16.5. The Bertz CT molecular complexity index is 768. The van der Waals surface area contributed by atoms with Gasteiger partial charge in [0.2, 0.25) is 11.8 Å². The fourth-order valence-corrected chi connectivity index (χ4v) is 4.60. The number of amides is 2. The maximum atomic E-state index is 11.6. The summed E-state index contributed by atoms with van der Waals surface area (Å²) in [4.78, 5) is 23.3. The first kappa shape index (κ1) is 23.0. The molecule has 0 saturated heterocycles. The highest BCUT2D eigenvalue weighted by Gasteiger charge is 2.26. The van der Waals surface area contributed by atoms with Crippen LogP contribution in [0.15, 0.2) is 48.5 Å². The summed E-state index contributed by atoms with van der Waals surface area (Å²) in [6.45, 7) is 0. The van der Waals surface area contributed by atoms with Crippen molar-refractivity contribution >= 4 is 55.0 Å². The van der Waals surface area contributed by atoms with Crippen LogP contribution in [0.1, 0.15) is 55.6 Å². The Morgan fingerprint density at radius 1 is 0.733 bits per heavy atom. The van der Waals surface area contributed by atoms with Gasteiger partial charge in [0.15, 0.2) is 0 Å². The maximum Gasteiger partial charge on any atom is 0.235 e. The van der Waals surface area contributed by atoms with Gasteiger partial charge < -0.3 is 10.6 Å². The van der Waals surface area contributed by atoms with Crippen molar-refractivity contribution in [2.24, 2.45) is 5.92 Å². The number of rotatable bonds is 7. The molecule has 2 aromatic rings. The molecule has 0 heterocycles. The summed E-state index contributed by atoms with van der Waals surface area (Å²) < 4.78 is 0. The largest absolute Gasteiger partial charge is 0.325 e. The molecule has 0 spiro atoms. The lowest BCUT2D eigenvalue weighted by Crippen LogP contribution is -2.16. The Morgan fingerprint density at radius 2 is 1.13 bits per heavy atom. The molecule has 0 atom stereocenters. The third-order valence-corrected chi connectivity index (χ3v) is 6.74. The molecular weight excluding hydrogens is 508 g/mol. The Labute approximate surface area is 195 Å². The number of benzene rings is 2. The normalized spacial score (nSPS) is 14.9. The van der Waals surface area contributed by atoms with Crippen molar-refractivity contribution in [2.75, 3.05) is 21.3 Å². The molecule has 1 fully saturated rings. The number of carbonyl (C=O) groups is 2. The molecule has 6 heteroatoms. The monoisotopic (exact) mass is 534 g/mol. The lowest BCUT2D eigenvalue weighted by molar-refractivity contribution is -0.114. The van der Waals surface area contributed by atoms with Gasteiger partial charge in [0, 0.05) is 17.3 Å². The van der Waals surface area contributed by atoms with E-state index in [0.717, 1.165) is 11.4 Å². The minimum Gasteiger partial charge on any atom is -0.325 e. The topological polar surface area (TPSA) is 58.2 Å². The van der Waals surface area contributed by atoms with Crippen LogP contribution in [0.4, 0.5) is 11.4 Å². The lowest BCUT2D eigenvalue weighted by atomic mass is 9.77. The minimum absolute atomic E-state index is 0.0517. The number of carbonyl (C=O) groups excluding carboxylic acids is 2. The van der Waals surface area contributed by atoms with E-state index in [1.165, 1.54) is 49.7 Å². The van der Waals surface area contributed by atoms with E-state index in [-0.39, 0.29) is 22.5 Å². The molecule has 0 aliphatic heterocycles. The van der Waals surface area contributed by atoms with Crippen molar-refractivity contribution in [1.82, 2.24) is 0 Å². The number of nitrogens with one attached hydrogen (secondary N) is 2. The van der Waals surface area contributed by atoms with E-state index in [0.29, 0.717) is 11.8 Å². The zero-order valence-electron chi connectivity index (χ0n) is 17.0. The zero-order chi connectivity index (χ0) is 21.3. The second kappa shape index (κ2) is 11.7. The van der Waals surface area contributed by atoms with Crippen LogP contribution >= 0.6 is 31.9 Å². The second-order valence-electron chi connectivity index (χ2n) is 7.84. The lowest BCUT2D eigenvalue weighted by Gasteiger charge is -2.28. The van der Waals surface area contributed by atoms with Gasteiger partial charge in [-0.15, -0.1) is 0 Å². The summed E-state index contributed by atoms with van der Waals surface area (Å²) in [5.41, 5.74) is 4.18. The van der Waals surface area contributed by atoms with Gasteiger partial charge in [-0.3, -0.25) is 9.59 Å². The molecule has 1 aliphatic carbocycles. The van der Waals surface area contributed by atoms with E-state index >= 15 is 0 Å². The number of hydrogen-bond donors (Lipinski definition) is 2. The number of anilines is 2. The Balaban J connectivity index is 1.87. The molecule has 1 aliphatic rings. The fourth-order valence-electron chi connectivity index (χ4n) is 4.32. The standard InChI is InChI=1S/C24H28Br2N2O2/c25-15-22(29)27-20-11-7-18(8-12-20)24(17-5-3-1-2-4-6-17)19-9-13-21(14-10-19)28-23(30)16-26/h7-14,17,24H,1-6,15-16H2,(H,27,29)(H,28,30). The van der Waals surface area contributed by atoms with Gasteiger partial charge in [-0.2, -0.15) is 0 Å². The van der Waals surface area contributed by atoms with E-state index < -0.39 is 0 Å². The van der Waals surface area contributed by atoms with Crippen LogP contribution in [0.3, 0.4) is 0 Å². The molecule has 0 radical (unpaired) electrons. The molecule has 2 aromatic carbocycles. The average Bonchev–Trinajstić information content (AvgIpc) is 3.05. The molecule has 4 nitrogen and oxygen atoms in total. The molecule has 3 rings (SSSR count). The minimum atomic E-state index is -0.0517. The van der Waals surface area contributed by atoms with Gasteiger partial charge in [0.25, 0.3) is 0 Å². The molecule has 0 aromatic heterocycles. The summed E-state index contributed by atoms with van der Waals surface area (Å²) in [5, 5.41) is 6.35. The van der Waals surface area contributed by atoms with Gasteiger partial charge >= 0.3 is 0 Å². The van der Waals surface area contributed by atoms with Gasteiger partial charge in [-0.05, 0) is 54.2 Å². The van der Waals surface area contributed by atoms with E-state index in [9.17, 15) is 9.59 Å². The maximum absolute atomic E-state index is 11.6. The van der Waals surface area contributed by atoms with E-state index in [1.807, 2.05) is 24.3 Å². The summed E-state index contributed by atoms with van der Waals surface area (Å²) >= 11 is 6.37. The van der Waals surface area contributed by atoms with Crippen LogP contribution in [-0.2, 0) is 9.59 Å². The molecule has 0 bridgehead atoms. The van der Waals surface area contributed by atoms with E-state index in [4.69, 9.17) is 0 Å². The van der Waals surface area contributed by atoms with E-state index in [1.54, 1.807) is 0 Å². The SMILES string of the molecule is O=C(CBr)Nc1ccc(C(c2ccc(NC(=O)CBr)cc2)C2CCCCCC2)cc1. The Kier molecular flexibility index (Phi) is 8.94. The van der Waals surface area contributed by atoms with Crippen molar-refractivity contribution in [3.63, 3.8) is 0 Å². The predicted molar refractivity (Wildman–Crippen MR) is 131 cm³/mol. The average molecular weight is 536 g/mol. The third-order valence-electron chi connectivity index (χ3n) is 5.72. The summed E-state index contributed by atoms with van der Waals surface area (Å²) in [7, 11) is 0. The smallest absolute Gasteiger partial charge is 0.235 e. The molecule has 30 heavy (non-hydrogen) atoms. The molecule has 2 N–H and O–H groups in total. The van der Waals surface area contributed by atoms with Crippen LogP contribution in [0.25, 0.3) is 0 Å². The third kappa shape index (κ3) is 6.42. The van der Waals surface area contributed by atoms with Crippen molar-refractivity contribution in [1.29, 1.82) is 0 Å². The van der Waals surface area contributed by atoms with Gasteiger partial charge in [-0.25, -0.2) is 0 Å². The van der Waals surface area contributed by atoms with Gasteiger partial charge in [0.1, 0.15) is 0 Å². The quantitative estimate of drug-likeness (QED) is 0.316. The highest BCUT2D eigenvalue weighted by Crippen LogP contribution is 2.40. The highest BCUT2D eigenvalue weighted by atomic mass is 79.9. The number of alkyl halides is 2. The summed E-state index contributed by atoms with van der Waals surface area (Å²) in [5.74, 6) is 0.803. The summed E-state index contributed by atoms with van der Waals surface area (Å²) in [6.07, 6.45) is 7.65. The number of halogens is 2. The zero-order valence-corrected chi connectivity index (χ0v) is 20.2. The van der Waals surface area contributed by atoms with Crippen LogP contribution in [-0.4, -0.2) is 22.5 Å². The van der Waals surface area contributed by atoms with Crippen molar-refractivity contribution in [2.45, 2.75) is 44.4 Å². The van der Waals surface area contributed by atoms with Crippen molar-refractivity contribution < 1.29 is 9.59 Å². The van der Waals surface area contributed by atoms with Crippen LogP contribution in [0.5, 0.6) is 0 Å². The van der Waals surface area contributed by atoms with Gasteiger partial charge in [0.05, 0.1) is 10.7 Å². The number of hydrogen-bond acceptors (Lipinski definition) is 2.